The van der Waals surface area contributed by atoms with Crippen LogP contribution in [0, 0.1) is 5.92 Å². The van der Waals surface area contributed by atoms with Crippen molar-refractivity contribution in [1.82, 2.24) is 5.32 Å². The van der Waals surface area contributed by atoms with Crippen molar-refractivity contribution in [3.05, 3.63) is 0 Å². The molecule has 0 aliphatic rings. The molecule has 0 heterocycles. The minimum Gasteiger partial charge on any atom is -0.379 e. The number of ether oxygens (including phenoxy) is 1. The molecule has 1 N–H and O–H groups in total. The van der Waals surface area contributed by atoms with Gasteiger partial charge in [-0.2, -0.15) is 0 Å². The predicted octanol–water partition coefficient (Wildman–Crippen LogP) is 2.65. The van der Waals surface area contributed by atoms with Crippen molar-refractivity contribution in [2.45, 2.75) is 45.8 Å². The van der Waals surface area contributed by atoms with E-state index < -0.39 is 0 Å². The smallest absolute Gasteiger partial charge is 0.0634 e. The van der Waals surface area contributed by atoms with E-state index in [2.05, 4.69) is 33.0 Å². The topological polar surface area (TPSA) is 21.3 Å². The zero-order valence-electron chi connectivity index (χ0n) is 10.1. The third-order valence-electron chi connectivity index (χ3n) is 2.66. The van der Waals surface area contributed by atoms with Crippen LogP contribution in [0.5, 0.6) is 0 Å². The van der Waals surface area contributed by atoms with Crippen molar-refractivity contribution in [3.63, 3.8) is 0 Å². The van der Waals surface area contributed by atoms with Crippen LogP contribution in [0.15, 0.2) is 0 Å². The van der Waals surface area contributed by atoms with Crippen LogP contribution in [0.25, 0.3) is 0 Å². The fourth-order valence-corrected chi connectivity index (χ4v) is 1.59. The van der Waals surface area contributed by atoms with E-state index >= 15 is 0 Å². The summed E-state index contributed by atoms with van der Waals surface area (Å²) in [6.07, 6.45) is 1.00. The van der Waals surface area contributed by atoms with E-state index in [0.717, 1.165) is 13.0 Å². The molecule has 0 spiro atoms. The first kappa shape index (κ1) is 14.2. The van der Waals surface area contributed by atoms with E-state index in [1.165, 1.54) is 0 Å². The monoisotopic (exact) mass is 221 g/mol. The Hall–Kier alpha value is 0.210. The van der Waals surface area contributed by atoms with Crippen LogP contribution in [0.1, 0.15) is 34.1 Å². The van der Waals surface area contributed by atoms with Crippen LogP contribution < -0.4 is 5.32 Å². The highest BCUT2D eigenvalue weighted by Crippen LogP contribution is 2.12. The summed E-state index contributed by atoms with van der Waals surface area (Å²) in [6.45, 7) is 9.51. The summed E-state index contributed by atoms with van der Waals surface area (Å²) in [6, 6.07) is 0.407. The lowest BCUT2D eigenvalue weighted by atomic mass is 10.0. The van der Waals surface area contributed by atoms with E-state index in [1.807, 2.05) is 0 Å². The van der Waals surface area contributed by atoms with Gasteiger partial charge in [-0.1, -0.05) is 13.8 Å². The Bertz CT molecular complexity index is 148. The fourth-order valence-electron chi connectivity index (χ4n) is 1.13. The SMILES string of the molecule is COC(C)(C)CCNC(CCl)C(C)C. The normalized spacial score (nSPS) is 14.8. The van der Waals surface area contributed by atoms with Gasteiger partial charge in [0.15, 0.2) is 0 Å². The second-order valence-electron chi connectivity index (χ2n) is 4.67. The molecule has 1 unspecified atom stereocenters. The standard InChI is InChI=1S/C11H24ClNO/c1-9(2)10(8-12)13-7-6-11(3,4)14-5/h9-10,13H,6-8H2,1-5H3. The second-order valence-corrected chi connectivity index (χ2v) is 4.98. The lowest BCUT2D eigenvalue weighted by Crippen LogP contribution is -2.38. The van der Waals surface area contributed by atoms with Crippen LogP contribution in [0.2, 0.25) is 0 Å². The van der Waals surface area contributed by atoms with Crippen LogP contribution >= 0.6 is 11.6 Å². The van der Waals surface area contributed by atoms with E-state index in [0.29, 0.717) is 17.8 Å². The number of nitrogens with one attached hydrogen (secondary N) is 1. The maximum absolute atomic E-state index is 5.85. The molecule has 0 rings (SSSR count). The van der Waals surface area contributed by atoms with E-state index in [1.54, 1.807) is 7.11 Å². The number of alkyl halides is 1. The molecule has 0 aromatic rings. The molecular formula is C11H24ClNO. The van der Waals surface area contributed by atoms with Crippen molar-refractivity contribution < 1.29 is 4.74 Å². The van der Waals surface area contributed by atoms with Gasteiger partial charge in [0.25, 0.3) is 0 Å². The summed E-state index contributed by atoms with van der Waals surface area (Å²) in [5.74, 6) is 1.25. The van der Waals surface area contributed by atoms with Gasteiger partial charge in [0, 0.05) is 19.0 Å². The van der Waals surface area contributed by atoms with E-state index in [9.17, 15) is 0 Å². The predicted molar refractivity (Wildman–Crippen MR) is 63.1 cm³/mol. The molecule has 0 aliphatic heterocycles. The quantitative estimate of drug-likeness (QED) is 0.668. The zero-order valence-corrected chi connectivity index (χ0v) is 10.8. The minimum absolute atomic E-state index is 0.0408. The maximum atomic E-state index is 5.85. The van der Waals surface area contributed by atoms with Crippen LogP contribution in [-0.4, -0.2) is 31.2 Å². The largest absolute Gasteiger partial charge is 0.379 e. The van der Waals surface area contributed by atoms with Gasteiger partial charge >= 0.3 is 0 Å². The molecule has 86 valence electrons. The molecule has 0 aromatic carbocycles. The van der Waals surface area contributed by atoms with Crippen molar-refractivity contribution in [1.29, 1.82) is 0 Å². The Labute approximate surface area is 93.4 Å². The molecule has 0 amide bonds. The Balaban J connectivity index is 3.71. The lowest BCUT2D eigenvalue weighted by Gasteiger charge is -2.25. The zero-order chi connectivity index (χ0) is 11.2. The Kier molecular flexibility index (Phi) is 6.75. The molecule has 0 fully saturated rings. The van der Waals surface area contributed by atoms with E-state index in [-0.39, 0.29) is 5.60 Å². The summed E-state index contributed by atoms with van der Waals surface area (Å²) in [5.41, 5.74) is -0.0408. The number of halogens is 1. The molecule has 0 radical (unpaired) electrons. The molecule has 1 atom stereocenters. The summed E-state index contributed by atoms with van der Waals surface area (Å²) in [5, 5.41) is 3.45. The molecule has 0 aromatic heterocycles. The molecule has 2 nitrogen and oxygen atoms in total. The second kappa shape index (κ2) is 6.65. The third-order valence-corrected chi connectivity index (χ3v) is 2.99. The summed E-state index contributed by atoms with van der Waals surface area (Å²) >= 11 is 5.85. The van der Waals surface area contributed by atoms with Crippen LogP contribution in [0.3, 0.4) is 0 Å². The van der Waals surface area contributed by atoms with Gasteiger partial charge in [-0.25, -0.2) is 0 Å². The van der Waals surface area contributed by atoms with Crippen LogP contribution in [-0.2, 0) is 4.74 Å². The Morgan fingerprint density at radius 2 is 1.93 bits per heavy atom. The number of hydrogen-bond acceptors (Lipinski definition) is 2. The number of rotatable bonds is 7. The molecular weight excluding hydrogens is 198 g/mol. The van der Waals surface area contributed by atoms with Gasteiger partial charge < -0.3 is 10.1 Å². The number of methoxy groups -OCH3 is 1. The molecule has 0 saturated carbocycles. The molecule has 0 saturated heterocycles. The van der Waals surface area contributed by atoms with Crippen molar-refractivity contribution in [2.24, 2.45) is 5.92 Å². The first-order chi connectivity index (χ1) is 6.43. The van der Waals surface area contributed by atoms with Gasteiger partial charge in [0.2, 0.25) is 0 Å². The highest BCUT2D eigenvalue weighted by Gasteiger charge is 2.17. The van der Waals surface area contributed by atoms with Gasteiger partial charge in [-0.3, -0.25) is 0 Å². The third kappa shape index (κ3) is 5.84. The fraction of sp³-hybridized carbons (Fsp3) is 1.00. The van der Waals surface area contributed by atoms with Gasteiger partial charge in [0.1, 0.15) is 0 Å². The van der Waals surface area contributed by atoms with Crippen LogP contribution in [0.4, 0.5) is 0 Å². The highest BCUT2D eigenvalue weighted by atomic mass is 35.5. The average molecular weight is 222 g/mol. The lowest BCUT2D eigenvalue weighted by molar-refractivity contribution is 0.0152. The van der Waals surface area contributed by atoms with Crippen molar-refractivity contribution in [3.8, 4) is 0 Å². The molecule has 0 aliphatic carbocycles. The first-order valence-corrected chi connectivity index (χ1v) is 5.81. The first-order valence-electron chi connectivity index (χ1n) is 5.27. The molecule has 0 bridgehead atoms. The molecule has 3 heteroatoms. The Morgan fingerprint density at radius 1 is 1.36 bits per heavy atom. The highest BCUT2D eigenvalue weighted by molar-refractivity contribution is 6.18. The van der Waals surface area contributed by atoms with Crippen molar-refractivity contribution >= 4 is 11.6 Å². The van der Waals surface area contributed by atoms with Gasteiger partial charge in [0.05, 0.1) is 5.60 Å². The van der Waals surface area contributed by atoms with Crippen molar-refractivity contribution in [2.75, 3.05) is 19.5 Å². The average Bonchev–Trinajstić information content (AvgIpc) is 2.12. The minimum atomic E-state index is -0.0408. The van der Waals surface area contributed by atoms with Gasteiger partial charge in [-0.15, -0.1) is 11.6 Å². The maximum Gasteiger partial charge on any atom is 0.0634 e. The summed E-state index contributed by atoms with van der Waals surface area (Å²) in [4.78, 5) is 0. The summed E-state index contributed by atoms with van der Waals surface area (Å²) < 4.78 is 5.34. The Morgan fingerprint density at radius 3 is 2.29 bits per heavy atom. The van der Waals surface area contributed by atoms with E-state index in [4.69, 9.17) is 16.3 Å². The van der Waals surface area contributed by atoms with Gasteiger partial charge in [-0.05, 0) is 32.7 Å². The number of hydrogen-bond donors (Lipinski definition) is 1. The summed E-state index contributed by atoms with van der Waals surface area (Å²) in [7, 11) is 1.75. The molecule has 14 heavy (non-hydrogen) atoms.